The van der Waals surface area contributed by atoms with Crippen LogP contribution in [-0.4, -0.2) is 14.4 Å². The standard InChI is InChI=1S/C34H60OSi/c1-11-25(14-12-13-24(2)3)29-17-18-30-28-16-15-26-23-27(35-36(9,10)32(4,5)6)19-21-33(26,7)31(28)20-22-34(29,30)8/h11,15,24-25,27-31H,1,12-14,16-23H2,2-10H3/t25-,27?,28+,29-,30+,31+,33+,34-/m1/s1. The van der Waals surface area contributed by atoms with E-state index in [1.807, 2.05) is 0 Å². The smallest absolute Gasteiger partial charge is 0.192 e. The molecule has 0 aromatic heterocycles. The lowest BCUT2D eigenvalue weighted by atomic mass is 9.47. The van der Waals surface area contributed by atoms with Gasteiger partial charge in [0.05, 0.1) is 0 Å². The van der Waals surface area contributed by atoms with Crippen molar-refractivity contribution in [2.75, 3.05) is 0 Å². The van der Waals surface area contributed by atoms with Crippen LogP contribution in [0.2, 0.25) is 18.1 Å². The normalized spacial score (nSPS) is 39.7. The minimum absolute atomic E-state index is 0.296. The second-order valence-corrected chi connectivity index (χ2v) is 20.7. The lowest BCUT2D eigenvalue weighted by Crippen LogP contribution is -2.52. The Labute approximate surface area is 226 Å². The molecular formula is C34H60OSi. The molecule has 0 aromatic rings. The van der Waals surface area contributed by atoms with Crippen molar-refractivity contribution in [3.8, 4) is 0 Å². The molecule has 4 rings (SSSR count). The van der Waals surface area contributed by atoms with Gasteiger partial charge in [0.15, 0.2) is 8.32 Å². The van der Waals surface area contributed by atoms with Crippen LogP contribution in [0.25, 0.3) is 0 Å². The van der Waals surface area contributed by atoms with Gasteiger partial charge in [-0.15, -0.1) is 6.58 Å². The number of hydrogen-bond acceptors (Lipinski definition) is 1. The summed E-state index contributed by atoms with van der Waals surface area (Å²) in [6.45, 7) is 26.5. The van der Waals surface area contributed by atoms with Crippen LogP contribution in [0.5, 0.6) is 0 Å². The highest BCUT2D eigenvalue weighted by molar-refractivity contribution is 6.74. The molecule has 0 N–H and O–H groups in total. The van der Waals surface area contributed by atoms with E-state index in [0.29, 0.717) is 22.0 Å². The largest absolute Gasteiger partial charge is 0.414 e. The Balaban J connectivity index is 1.47. The molecule has 0 spiro atoms. The summed E-state index contributed by atoms with van der Waals surface area (Å²) in [4.78, 5) is 0. The molecule has 0 radical (unpaired) electrons. The van der Waals surface area contributed by atoms with Gasteiger partial charge in [-0.3, -0.25) is 0 Å². The monoisotopic (exact) mass is 512 g/mol. The van der Waals surface area contributed by atoms with E-state index in [-0.39, 0.29) is 0 Å². The molecule has 206 valence electrons. The molecular weight excluding hydrogens is 452 g/mol. The van der Waals surface area contributed by atoms with Crippen molar-refractivity contribution in [2.24, 2.45) is 46.3 Å². The molecule has 36 heavy (non-hydrogen) atoms. The number of hydrogen-bond donors (Lipinski definition) is 0. The second kappa shape index (κ2) is 10.3. The number of allylic oxidation sites excluding steroid dienone is 2. The highest BCUT2D eigenvalue weighted by Gasteiger charge is 2.59. The fourth-order valence-corrected chi connectivity index (χ4v) is 10.7. The van der Waals surface area contributed by atoms with Crippen LogP contribution in [0.3, 0.4) is 0 Å². The summed E-state index contributed by atoms with van der Waals surface area (Å²) in [5, 5.41) is 0.296. The first kappa shape index (κ1) is 28.7. The minimum atomic E-state index is -1.71. The minimum Gasteiger partial charge on any atom is -0.414 e. The van der Waals surface area contributed by atoms with Gasteiger partial charge >= 0.3 is 0 Å². The van der Waals surface area contributed by atoms with Gasteiger partial charge in [-0.25, -0.2) is 0 Å². The van der Waals surface area contributed by atoms with Crippen LogP contribution in [-0.2, 0) is 4.43 Å². The quantitative estimate of drug-likeness (QED) is 0.232. The molecule has 0 saturated heterocycles. The van der Waals surface area contributed by atoms with Gasteiger partial charge in [-0.05, 0) is 122 Å². The molecule has 4 aliphatic carbocycles. The average Bonchev–Trinajstić information content (AvgIpc) is 3.13. The van der Waals surface area contributed by atoms with Crippen molar-refractivity contribution >= 4 is 8.32 Å². The summed E-state index contributed by atoms with van der Waals surface area (Å²) >= 11 is 0. The fraction of sp³-hybridized carbons (Fsp3) is 0.882. The topological polar surface area (TPSA) is 9.23 Å². The first-order valence-electron chi connectivity index (χ1n) is 15.7. The zero-order chi connectivity index (χ0) is 26.5. The summed E-state index contributed by atoms with van der Waals surface area (Å²) in [7, 11) is -1.71. The number of fused-ring (bicyclic) bond motifs is 5. The maximum Gasteiger partial charge on any atom is 0.192 e. The van der Waals surface area contributed by atoms with E-state index in [1.54, 1.807) is 5.57 Å². The van der Waals surface area contributed by atoms with Crippen molar-refractivity contribution in [3.63, 3.8) is 0 Å². The summed E-state index contributed by atoms with van der Waals surface area (Å²) < 4.78 is 6.95. The third-order valence-electron chi connectivity index (χ3n) is 12.5. The molecule has 4 aliphatic rings. The Morgan fingerprint density at radius 1 is 1.06 bits per heavy atom. The highest BCUT2D eigenvalue weighted by Crippen LogP contribution is 2.67. The third-order valence-corrected chi connectivity index (χ3v) is 17.1. The Hall–Kier alpha value is -0.343. The molecule has 0 aromatic carbocycles. The lowest BCUT2D eigenvalue weighted by Gasteiger charge is -2.59. The van der Waals surface area contributed by atoms with E-state index in [9.17, 15) is 0 Å². The maximum absolute atomic E-state index is 6.95. The zero-order valence-corrected chi connectivity index (χ0v) is 26.6. The Morgan fingerprint density at radius 3 is 2.42 bits per heavy atom. The van der Waals surface area contributed by atoms with Crippen molar-refractivity contribution < 1.29 is 4.43 Å². The first-order chi connectivity index (χ1) is 16.7. The SMILES string of the molecule is C=C[C@H](CCCC(C)C)[C@H]1CC[C@H]2[C@@H]3CC=C4CC(O[Si](C)(C)C(C)(C)C)CC[C@]4(C)[C@H]3CC[C@]12C. The van der Waals surface area contributed by atoms with E-state index < -0.39 is 8.32 Å². The van der Waals surface area contributed by atoms with Gasteiger partial charge in [0.1, 0.15) is 0 Å². The Kier molecular flexibility index (Phi) is 8.22. The van der Waals surface area contributed by atoms with Crippen molar-refractivity contribution in [3.05, 3.63) is 24.3 Å². The summed E-state index contributed by atoms with van der Waals surface area (Å²) in [6, 6.07) is 0. The van der Waals surface area contributed by atoms with E-state index in [4.69, 9.17) is 4.43 Å². The lowest BCUT2D eigenvalue weighted by molar-refractivity contribution is -0.0546. The Morgan fingerprint density at radius 2 is 1.78 bits per heavy atom. The van der Waals surface area contributed by atoms with E-state index >= 15 is 0 Å². The third kappa shape index (κ3) is 5.13. The van der Waals surface area contributed by atoms with Gasteiger partial charge in [0, 0.05) is 6.10 Å². The van der Waals surface area contributed by atoms with Gasteiger partial charge in [0.2, 0.25) is 0 Å². The van der Waals surface area contributed by atoms with E-state index in [1.165, 1.54) is 70.6 Å². The van der Waals surface area contributed by atoms with E-state index in [0.717, 1.165) is 35.5 Å². The molecule has 1 unspecified atom stereocenters. The Bertz CT molecular complexity index is 818. The molecule has 8 atom stereocenters. The molecule has 1 nitrogen and oxygen atoms in total. The van der Waals surface area contributed by atoms with Crippen LogP contribution in [0, 0.1) is 46.3 Å². The van der Waals surface area contributed by atoms with Crippen LogP contribution in [0.4, 0.5) is 0 Å². The van der Waals surface area contributed by atoms with Crippen LogP contribution in [0.15, 0.2) is 24.3 Å². The van der Waals surface area contributed by atoms with Crippen LogP contribution in [0.1, 0.15) is 119 Å². The number of rotatable bonds is 8. The highest BCUT2D eigenvalue weighted by atomic mass is 28.4. The van der Waals surface area contributed by atoms with Gasteiger partial charge in [0.25, 0.3) is 0 Å². The average molecular weight is 513 g/mol. The summed E-state index contributed by atoms with van der Waals surface area (Å²) in [5.41, 5.74) is 2.72. The maximum atomic E-state index is 6.95. The van der Waals surface area contributed by atoms with Crippen molar-refractivity contribution in [2.45, 2.75) is 143 Å². The summed E-state index contributed by atoms with van der Waals surface area (Å²) in [5.74, 6) is 5.13. The molecule has 3 fully saturated rings. The molecule has 0 amide bonds. The van der Waals surface area contributed by atoms with Gasteiger partial charge < -0.3 is 4.43 Å². The molecule has 0 aliphatic heterocycles. The second-order valence-electron chi connectivity index (χ2n) is 16.0. The van der Waals surface area contributed by atoms with Gasteiger partial charge in [-0.2, -0.15) is 0 Å². The van der Waals surface area contributed by atoms with Crippen molar-refractivity contribution in [1.29, 1.82) is 0 Å². The fourth-order valence-electron chi connectivity index (χ4n) is 9.31. The van der Waals surface area contributed by atoms with Crippen LogP contribution >= 0.6 is 0 Å². The predicted octanol–water partition coefficient (Wildman–Crippen LogP) is 10.6. The molecule has 0 bridgehead atoms. The predicted molar refractivity (Wildman–Crippen MR) is 160 cm³/mol. The zero-order valence-electron chi connectivity index (χ0n) is 25.6. The first-order valence-corrected chi connectivity index (χ1v) is 18.6. The molecule has 2 heteroatoms. The van der Waals surface area contributed by atoms with Crippen molar-refractivity contribution in [1.82, 2.24) is 0 Å². The summed E-state index contributed by atoms with van der Waals surface area (Å²) in [6.07, 6.45) is 20.6. The molecule has 3 saturated carbocycles. The van der Waals surface area contributed by atoms with Gasteiger partial charge in [-0.1, -0.05) is 79.0 Å². The van der Waals surface area contributed by atoms with Crippen LogP contribution < -0.4 is 0 Å². The molecule has 0 heterocycles. The van der Waals surface area contributed by atoms with E-state index in [2.05, 4.69) is 80.3 Å².